The van der Waals surface area contributed by atoms with Crippen LogP contribution >= 0.6 is 0 Å². The SMILES string of the molecule is CCC(C)C(=O)O[C@@H]1[C@H]2C(=C[C@H](C)[C@H]1[C@@H](C)O)C=C[C@H](C)[C@@H]2CC[C@@H]1C[C@@H](O)CC(=O)O1. The molecule has 0 bridgehead atoms. The lowest BCUT2D eigenvalue weighted by Crippen LogP contribution is -2.50. The monoisotopic (exact) mass is 448 g/mol. The van der Waals surface area contributed by atoms with Crippen LogP contribution in [0, 0.1) is 35.5 Å². The van der Waals surface area contributed by atoms with E-state index >= 15 is 0 Å². The van der Waals surface area contributed by atoms with Gasteiger partial charge in [0.25, 0.3) is 0 Å². The first kappa shape index (κ1) is 25.0. The van der Waals surface area contributed by atoms with Gasteiger partial charge in [0.05, 0.1) is 24.5 Å². The minimum atomic E-state index is -0.639. The molecule has 1 saturated heterocycles. The summed E-state index contributed by atoms with van der Waals surface area (Å²) >= 11 is 0. The number of cyclic esters (lactones) is 1. The van der Waals surface area contributed by atoms with E-state index < -0.39 is 18.3 Å². The number of hydrogen-bond donors (Lipinski definition) is 2. The molecular weight excluding hydrogens is 408 g/mol. The van der Waals surface area contributed by atoms with E-state index in [2.05, 4.69) is 32.1 Å². The number of ether oxygens (including phenoxy) is 2. The maximum atomic E-state index is 12.8. The van der Waals surface area contributed by atoms with Crippen LogP contribution < -0.4 is 0 Å². The molecule has 3 aliphatic rings. The number of fused-ring (bicyclic) bond motifs is 1. The molecule has 2 N–H and O–H groups in total. The van der Waals surface area contributed by atoms with Gasteiger partial charge in [0, 0.05) is 18.3 Å². The lowest BCUT2D eigenvalue weighted by atomic mass is 9.61. The van der Waals surface area contributed by atoms with Gasteiger partial charge >= 0.3 is 11.9 Å². The van der Waals surface area contributed by atoms with Crippen molar-refractivity contribution in [3.8, 4) is 0 Å². The second-order valence-electron chi connectivity index (χ2n) is 10.2. The van der Waals surface area contributed by atoms with E-state index in [-0.39, 0.29) is 60.0 Å². The van der Waals surface area contributed by atoms with Gasteiger partial charge in [-0.15, -0.1) is 0 Å². The van der Waals surface area contributed by atoms with Crippen molar-refractivity contribution in [2.75, 3.05) is 0 Å². The Labute approximate surface area is 192 Å². The minimum absolute atomic E-state index is 0.0111. The topological polar surface area (TPSA) is 93.1 Å². The van der Waals surface area contributed by atoms with Gasteiger partial charge in [0.2, 0.25) is 0 Å². The summed E-state index contributed by atoms with van der Waals surface area (Å²) in [6.45, 7) is 9.88. The fourth-order valence-electron chi connectivity index (χ4n) is 5.79. The predicted octanol–water partition coefficient (Wildman–Crippen LogP) is 3.80. The first-order chi connectivity index (χ1) is 15.1. The van der Waals surface area contributed by atoms with E-state index in [0.29, 0.717) is 19.3 Å². The molecule has 1 aliphatic heterocycles. The highest BCUT2D eigenvalue weighted by Crippen LogP contribution is 2.48. The largest absolute Gasteiger partial charge is 0.462 e. The van der Waals surface area contributed by atoms with Crippen LogP contribution in [0.4, 0.5) is 0 Å². The summed E-state index contributed by atoms with van der Waals surface area (Å²) in [7, 11) is 0. The summed E-state index contributed by atoms with van der Waals surface area (Å²) in [5.41, 5.74) is 1.17. The molecule has 1 unspecified atom stereocenters. The fraction of sp³-hybridized carbons (Fsp3) is 0.769. The quantitative estimate of drug-likeness (QED) is 0.576. The molecule has 0 amide bonds. The Morgan fingerprint density at radius 2 is 1.97 bits per heavy atom. The lowest BCUT2D eigenvalue weighted by Gasteiger charge is -2.48. The molecule has 6 heteroatoms. The normalized spacial score (nSPS) is 38.8. The highest BCUT2D eigenvalue weighted by atomic mass is 16.6. The third kappa shape index (κ3) is 5.45. The first-order valence-corrected chi connectivity index (χ1v) is 12.3. The van der Waals surface area contributed by atoms with Crippen molar-refractivity contribution < 1.29 is 29.3 Å². The Morgan fingerprint density at radius 3 is 2.59 bits per heavy atom. The molecule has 0 radical (unpaired) electrons. The average Bonchev–Trinajstić information content (AvgIpc) is 2.71. The maximum Gasteiger partial charge on any atom is 0.308 e. The lowest BCUT2D eigenvalue weighted by molar-refractivity contribution is -0.168. The molecule has 180 valence electrons. The maximum absolute atomic E-state index is 12.8. The summed E-state index contributed by atoms with van der Waals surface area (Å²) in [4.78, 5) is 24.6. The summed E-state index contributed by atoms with van der Waals surface area (Å²) < 4.78 is 11.6. The minimum Gasteiger partial charge on any atom is -0.462 e. The third-order valence-electron chi connectivity index (χ3n) is 7.79. The zero-order valence-corrected chi connectivity index (χ0v) is 20.1. The molecule has 1 heterocycles. The Balaban J connectivity index is 1.86. The number of carbonyl (C=O) groups is 2. The highest BCUT2D eigenvalue weighted by molar-refractivity contribution is 5.72. The molecule has 6 nitrogen and oxygen atoms in total. The summed E-state index contributed by atoms with van der Waals surface area (Å²) in [6.07, 6.45) is 7.34. The molecule has 0 aromatic carbocycles. The molecular formula is C26H40O6. The van der Waals surface area contributed by atoms with Crippen LogP contribution in [0.3, 0.4) is 0 Å². The van der Waals surface area contributed by atoms with Crippen molar-refractivity contribution in [2.45, 2.75) is 91.1 Å². The van der Waals surface area contributed by atoms with E-state index in [4.69, 9.17) is 9.47 Å². The van der Waals surface area contributed by atoms with Gasteiger partial charge in [-0.3, -0.25) is 9.59 Å². The van der Waals surface area contributed by atoms with Crippen LogP contribution in [0.25, 0.3) is 0 Å². The second kappa shape index (κ2) is 10.5. The molecule has 0 aromatic rings. The summed E-state index contributed by atoms with van der Waals surface area (Å²) in [6, 6.07) is 0. The Bertz CT molecular complexity index is 741. The van der Waals surface area contributed by atoms with Crippen molar-refractivity contribution in [2.24, 2.45) is 35.5 Å². The Kier molecular flexibility index (Phi) is 8.21. The van der Waals surface area contributed by atoms with Crippen molar-refractivity contribution in [3.05, 3.63) is 23.8 Å². The Morgan fingerprint density at radius 1 is 1.25 bits per heavy atom. The summed E-state index contributed by atoms with van der Waals surface area (Å²) in [5, 5.41) is 20.6. The Hall–Kier alpha value is -1.66. The molecule has 0 spiro atoms. The summed E-state index contributed by atoms with van der Waals surface area (Å²) in [5.74, 6) is -0.387. The molecule has 2 aliphatic carbocycles. The third-order valence-corrected chi connectivity index (χ3v) is 7.79. The van der Waals surface area contributed by atoms with Crippen LogP contribution in [0.15, 0.2) is 23.8 Å². The smallest absolute Gasteiger partial charge is 0.308 e. The highest BCUT2D eigenvalue weighted by Gasteiger charge is 2.48. The molecule has 1 fully saturated rings. The molecule has 10 atom stereocenters. The van der Waals surface area contributed by atoms with E-state index in [1.54, 1.807) is 6.92 Å². The number of carbonyl (C=O) groups excluding carboxylic acids is 2. The zero-order chi connectivity index (χ0) is 23.6. The predicted molar refractivity (Wildman–Crippen MR) is 121 cm³/mol. The van der Waals surface area contributed by atoms with Gasteiger partial charge in [-0.05, 0) is 49.5 Å². The molecule has 32 heavy (non-hydrogen) atoms. The van der Waals surface area contributed by atoms with Gasteiger partial charge in [-0.1, -0.05) is 45.9 Å². The second-order valence-corrected chi connectivity index (χ2v) is 10.2. The average molecular weight is 449 g/mol. The number of hydrogen-bond acceptors (Lipinski definition) is 6. The van der Waals surface area contributed by atoms with Crippen LogP contribution in [0.2, 0.25) is 0 Å². The number of esters is 2. The van der Waals surface area contributed by atoms with Crippen molar-refractivity contribution in [1.29, 1.82) is 0 Å². The van der Waals surface area contributed by atoms with Gasteiger partial charge in [-0.25, -0.2) is 0 Å². The molecule has 3 rings (SSSR count). The fourth-order valence-corrected chi connectivity index (χ4v) is 5.79. The van der Waals surface area contributed by atoms with Gasteiger partial charge < -0.3 is 19.7 Å². The van der Waals surface area contributed by atoms with E-state index in [0.717, 1.165) is 6.42 Å². The molecule has 0 saturated carbocycles. The van der Waals surface area contributed by atoms with Gasteiger partial charge in [0.15, 0.2) is 0 Å². The number of aliphatic hydroxyl groups excluding tert-OH is 2. The van der Waals surface area contributed by atoms with Gasteiger partial charge in [-0.2, -0.15) is 0 Å². The zero-order valence-electron chi connectivity index (χ0n) is 20.1. The van der Waals surface area contributed by atoms with Gasteiger partial charge in [0.1, 0.15) is 12.2 Å². The van der Waals surface area contributed by atoms with Crippen LogP contribution in [-0.4, -0.2) is 46.6 Å². The van der Waals surface area contributed by atoms with Crippen molar-refractivity contribution in [1.82, 2.24) is 0 Å². The van der Waals surface area contributed by atoms with E-state index in [1.165, 1.54) is 5.57 Å². The first-order valence-electron chi connectivity index (χ1n) is 12.3. The molecule has 0 aromatic heterocycles. The number of allylic oxidation sites excluding steroid dienone is 3. The standard InChI is InChI=1S/C26H40O6/c1-6-14(2)26(30)32-25-23(17(5)27)16(4)11-18-8-7-15(3)21(24(18)25)10-9-20-12-19(28)13-22(29)31-20/h7-8,11,14-17,19-21,23-25,27-28H,6,9-10,12-13H2,1-5H3/t14?,15-,16-,17+,19+,20+,21-,23-,24-,25-/m0/s1. The van der Waals surface area contributed by atoms with Crippen LogP contribution in [0.1, 0.15) is 66.7 Å². The van der Waals surface area contributed by atoms with Crippen LogP contribution in [0.5, 0.6) is 0 Å². The van der Waals surface area contributed by atoms with E-state index in [1.807, 2.05) is 13.8 Å². The van der Waals surface area contributed by atoms with Crippen molar-refractivity contribution in [3.63, 3.8) is 0 Å². The van der Waals surface area contributed by atoms with Crippen molar-refractivity contribution >= 4 is 11.9 Å². The van der Waals surface area contributed by atoms with Crippen LogP contribution in [-0.2, 0) is 19.1 Å². The number of rotatable bonds is 7. The van der Waals surface area contributed by atoms with E-state index in [9.17, 15) is 19.8 Å². The number of aliphatic hydroxyl groups is 2.